The van der Waals surface area contributed by atoms with Gasteiger partial charge in [0.25, 0.3) is 11.8 Å². The number of unbranched alkanes of at least 4 members (excludes halogenated alkanes) is 3. The lowest BCUT2D eigenvalue weighted by Gasteiger charge is -2.55. The molecule has 2 aromatic carbocycles. The number of halogens is 2. The van der Waals surface area contributed by atoms with Crippen LogP contribution in [-0.4, -0.2) is 114 Å². The Hall–Kier alpha value is -6.20. The molecular weight excluding hydrogens is 869 g/mol. The third-order valence-corrected chi connectivity index (χ3v) is 13.7. The number of rotatable bonds is 19. The van der Waals surface area contributed by atoms with E-state index in [0.717, 1.165) is 42.5 Å². The van der Waals surface area contributed by atoms with E-state index in [1.807, 2.05) is 66.1 Å². The molecule has 0 radical (unpaired) electrons. The van der Waals surface area contributed by atoms with Crippen LogP contribution in [0.4, 0.5) is 14.6 Å². The fourth-order valence-corrected chi connectivity index (χ4v) is 9.76. The molecule has 1 aliphatic carbocycles. The highest BCUT2D eigenvalue weighted by Gasteiger charge is 2.53. The maximum atomic E-state index is 13.6. The predicted octanol–water partition coefficient (Wildman–Crippen LogP) is 6.69. The van der Waals surface area contributed by atoms with Gasteiger partial charge in [0.05, 0.1) is 28.1 Å². The molecule has 14 nitrogen and oxygen atoms in total. The minimum Gasteiger partial charge on any atom is -0.395 e. The quantitative estimate of drug-likeness (QED) is 0.0688. The molecule has 0 spiro atoms. The summed E-state index contributed by atoms with van der Waals surface area (Å²) in [5, 5.41) is 8.89. The zero-order chi connectivity index (χ0) is 46.6. The average Bonchev–Trinajstić information content (AvgIpc) is 3.86. The molecule has 6 heterocycles. The van der Waals surface area contributed by atoms with E-state index in [9.17, 15) is 32.8 Å². The largest absolute Gasteiger partial charge is 0.586 e. The maximum Gasteiger partial charge on any atom is 0.586 e. The highest BCUT2D eigenvalue weighted by Crippen LogP contribution is 2.52. The number of amides is 5. The van der Waals surface area contributed by atoms with E-state index in [1.165, 1.54) is 23.5 Å². The molecule has 2 aromatic heterocycles. The smallest absolute Gasteiger partial charge is 0.395 e. The number of aromatic nitrogens is 1. The Morgan fingerprint density at radius 3 is 2.38 bits per heavy atom. The van der Waals surface area contributed by atoms with E-state index in [0.29, 0.717) is 91.5 Å². The van der Waals surface area contributed by atoms with Crippen LogP contribution in [0.25, 0.3) is 11.3 Å². The van der Waals surface area contributed by atoms with Gasteiger partial charge in [0, 0.05) is 61.2 Å². The van der Waals surface area contributed by atoms with Gasteiger partial charge in [-0.3, -0.25) is 24.0 Å². The second-order valence-corrected chi connectivity index (χ2v) is 18.9. The normalized spacial score (nSPS) is 18.5. The van der Waals surface area contributed by atoms with E-state index in [1.54, 1.807) is 36.4 Å². The van der Waals surface area contributed by atoms with Gasteiger partial charge in [-0.1, -0.05) is 43.2 Å². The van der Waals surface area contributed by atoms with Crippen LogP contribution in [0.1, 0.15) is 87.4 Å². The molecule has 2 bridgehead atoms. The first-order valence-corrected chi connectivity index (χ1v) is 23.4. The van der Waals surface area contributed by atoms with Gasteiger partial charge in [0.15, 0.2) is 11.5 Å². The van der Waals surface area contributed by atoms with Crippen LogP contribution < -0.4 is 25.4 Å². The highest BCUT2D eigenvalue weighted by atomic mass is 32.1. The summed E-state index contributed by atoms with van der Waals surface area (Å²) in [7, 11) is 3.91. The van der Waals surface area contributed by atoms with Gasteiger partial charge in [0.1, 0.15) is 5.82 Å². The monoisotopic (exact) mass is 923 g/mol. The molecule has 66 heavy (non-hydrogen) atoms. The number of likely N-dealkylation sites (N-methyl/N-ethyl adjacent to an activating group) is 1. The highest BCUT2D eigenvalue weighted by molar-refractivity contribution is 7.14. The molecule has 348 valence electrons. The molecule has 5 aliphatic rings. The minimum absolute atomic E-state index is 0.0113. The van der Waals surface area contributed by atoms with Gasteiger partial charge in [-0.2, -0.15) is 0 Å². The van der Waals surface area contributed by atoms with Crippen molar-refractivity contribution in [2.45, 2.75) is 88.5 Å². The first-order chi connectivity index (χ1) is 31.7. The summed E-state index contributed by atoms with van der Waals surface area (Å²) in [6.07, 6.45) is 6.04. The van der Waals surface area contributed by atoms with Gasteiger partial charge >= 0.3 is 6.29 Å². The first kappa shape index (κ1) is 46.3. The van der Waals surface area contributed by atoms with Crippen LogP contribution in [0.2, 0.25) is 0 Å². The number of fused-ring (bicyclic) bond motifs is 3. The summed E-state index contributed by atoms with van der Waals surface area (Å²) in [6, 6.07) is 19.0. The topological polar surface area (TPSA) is 163 Å². The predicted molar refractivity (Wildman–Crippen MR) is 246 cm³/mol. The fourth-order valence-electron chi connectivity index (χ4n) is 8.78. The van der Waals surface area contributed by atoms with Crippen molar-refractivity contribution in [2.24, 2.45) is 0 Å². The Kier molecular flexibility index (Phi) is 13.8. The zero-order valence-corrected chi connectivity index (χ0v) is 38.2. The van der Waals surface area contributed by atoms with Crippen LogP contribution in [-0.2, 0) is 26.2 Å². The molecule has 1 saturated carbocycles. The third kappa shape index (κ3) is 10.7. The molecule has 4 aromatic rings. The van der Waals surface area contributed by atoms with Crippen molar-refractivity contribution in [3.05, 3.63) is 105 Å². The first-order valence-electron chi connectivity index (χ1n) is 22.5. The molecule has 4 fully saturated rings. The van der Waals surface area contributed by atoms with E-state index < -0.39 is 11.7 Å². The number of benzene rings is 2. The summed E-state index contributed by atoms with van der Waals surface area (Å²) in [6.45, 7) is 4.74. The summed E-state index contributed by atoms with van der Waals surface area (Å²) >= 11 is 1.43. The second-order valence-electron chi connectivity index (χ2n) is 17.8. The second kappa shape index (κ2) is 19.7. The molecule has 17 heteroatoms. The molecule has 3 saturated heterocycles. The number of alkyl halides is 2. The van der Waals surface area contributed by atoms with Gasteiger partial charge in [-0.05, 0) is 113 Å². The van der Waals surface area contributed by atoms with Crippen molar-refractivity contribution in [1.82, 2.24) is 30.3 Å². The Labute approximate surface area is 386 Å². The number of anilines is 1. The third-order valence-electron chi connectivity index (χ3n) is 12.5. The number of pyridine rings is 1. The van der Waals surface area contributed by atoms with Crippen molar-refractivity contribution in [1.29, 1.82) is 0 Å². The SMILES string of the molecule is Cc1ccc(NC(=O)C2(c3ccc4c(c3)OC(F)(F)O4)CC2)nc1-c1cccc(C(=O)NCCCCCCNC(=O)CCc2ccc(C(=O)N3CC4CC(C3)N4C(=O)/C=C/CN(C)C)s2)c1. The number of piperidine rings is 1. The summed E-state index contributed by atoms with van der Waals surface area (Å²) in [5.74, 6) is -0.412. The lowest BCUT2D eigenvalue weighted by Crippen LogP contribution is -2.70. The van der Waals surface area contributed by atoms with Crippen LogP contribution in [0.3, 0.4) is 0 Å². The lowest BCUT2D eigenvalue weighted by molar-refractivity contribution is -0.286. The van der Waals surface area contributed by atoms with E-state index in [4.69, 9.17) is 4.98 Å². The van der Waals surface area contributed by atoms with Gasteiger partial charge in [0.2, 0.25) is 17.7 Å². The molecule has 3 N–H and O–H groups in total. The van der Waals surface area contributed by atoms with Gasteiger partial charge in [-0.25, -0.2) is 4.98 Å². The number of nitrogens with zero attached hydrogens (tertiary/aromatic N) is 4. The number of hydrogen-bond acceptors (Lipinski definition) is 10. The summed E-state index contributed by atoms with van der Waals surface area (Å²) < 4.78 is 36.3. The Morgan fingerprint density at radius 2 is 1.64 bits per heavy atom. The number of piperazine rings is 1. The lowest BCUT2D eigenvalue weighted by atomic mass is 9.87. The average molecular weight is 924 g/mol. The van der Waals surface area contributed by atoms with Crippen molar-refractivity contribution in [3.8, 4) is 22.8 Å². The van der Waals surface area contributed by atoms with Gasteiger partial charge < -0.3 is 40.1 Å². The summed E-state index contributed by atoms with van der Waals surface area (Å²) in [5.41, 5.74) is 2.30. The van der Waals surface area contributed by atoms with Crippen LogP contribution >= 0.6 is 11.3 Å². The number of carbonyl (C=O) groups excluding carboxylic acids is 5. The Morgan fingerprint density at radius 1 is 0.894 bits per heavy atom. The number of ether oxygens (including phenoxy) is 2. The van der Waals surface area contributed by atoms with Crippen molar-refractivity contribution in [2.75, 3.05) is 52.1 Å². The van der Waals surface area contributed by atoms with Crippen LogP contribution in [0.5, 0.6) is 11.5 Å². The molecule has 5 amide bonds. The molecular formula is C49H55F2N7O7S. The Bertz CT molecular complexity index is 2510. The van der Waals surface area contributed by atoms with E-state index >= 15 is 0 Å². The molecule has 2 atom stereocenters. The fraction of sp³-hybridized carbons (Fsp3) is 0.429. The number of hydrogen-bond donors (Lipinski definition) is 3. The number of aryl methyl sites for hydroxylation is 2. The standard InChI is InChI=1S/C49H55F2N7O7S/c1-31-13-19-41(55-47(63)48(21-22-48)34-14-17-38-39(27-34)65-49(50,51)64-38)54-44(31)32-10-8-11-33(26-32)45(61)53-24-7-5-4-6-23-52-42(59)20-16-37-15-18-40(66-37)46(62)57-29-35-28-36(30-57)58(35)43(60)12-9-25-56(2)3/h8-15,17-19,26-27,35-36H,4-7,16,20-25,28-30H2,1-3H3,(H,52,59)(H,53,61)(H,54,55,63)/b12-9+. The van der Waals surface area contributed by atoms with Crippen molar-refractivity contribution < 1.29 is 42.2 Å². The van der Waals surface area contributed by atoms with Crippen molar-refractivity contribution in [3.63, 3.8) is 0 Å². The summed E-state index contributed by atoms with van der Waals surface area (Å²) in [4.78, 5) is 77.3. The van der Waals surface area contributed by atoms with Crippen LogP contribution in [0, 0.1) is 6.92 Å². The molecule has 4 aliphatic heterocycles. The Balaban J connectivity index is 0.709. The number of carbonyl (C=O) groups is 5. The van der Waals surface area contributed by atoms with Crippen LogP contribution in [0.15, 0.2) is 78.9 Å². The number of thiophene rings is 1. The van der Waals surface area contributed by atoms with Crippen molar-refractivity contribution >= 4 is 46.7 Å². The molecule has 2 unspecified atom stereocenters. The maximum absolute atomic E-state index is 13.6. The zero-order valence-electron chi connectivity index (χ0n) is 37.4. The number of nitrogens with one attached hydrogen (secondary N) is 3. The molecule has 9 rings (SSSR count). The van der Waals surface area contributed by atoms with Gasteiger partial charge in [-0.15, -0.1) is 20.1 Å². The minimum atomic E-state index is -3.75. The van der Waals surface area contributed by atoms with E-state index in [-0.39, 0.29) is 53.1 Å². The van der Waals surface area contributed by atoms with E-state index in [2.05, 4.69) is 25.4 Å².